The molecule has 4 nitrogen and oxygen atoms in total. The van der Waals surface area contributed by atoms with Crippen molar-refractivity contribution < 1.29 is 14.6 Å². The number of thiocarbonyl (C=S) groups is 1. The number of para-hydroxylation sites is 1. The molecule has 1 aliphatic rings. The highest BCUT2D eigenvalue weighted by Gasteiger charge is 2.32. The fourth-order valence-electron chi connectivity index (χ4n) is 2.47. The molecule has 0 radical (unpaired) electrons. The van der Waals surface area contributed by atoms with E-state index in [0.29, 0.717) is 33.7 Å². The van der Waals surface area contributed by atoms with Gasteiger partial charge in [-0.3, -0.25) is 9.69 Å². The Kier molecular flexibility index (Phi) is 5.40. The summed E-state index contributed by atoms with van der Waals surface area (Å²) < 4.78 is 5.90. The molecule has 1 fully saturated rings. The third-order valence-electron chi connectivity index (χ3n) is 3.67. The van der Waals surface area contributed by atoms with E-state index in [1.54, 1.807) is 29.2 Å². The van der Waals surface area contributed by atoms with Crippen molar-refractivity contribution in [3.63, 3.8) is 0 Å². The minimum Gasteiger partial charge on any atom is -0.504 e. The highest BCUT2D eigenvalue weighted by atomic mass is 32.2. The zero-order valence-electron chi connectivity index (χ0n) is 13.6. The fourth-order valence-corrected chi connectivity index (χ4v) is 3.72. The summed E-state index contributed by atoms with van der Waals surface area (Å²) in [5.41, 5.74) is 1.55. The smallest absolute Gasteiger partial charge is 0.266 e. The van der Waals surface area contributed by atoms with E-state index in [-0.39, 0.29) is 11.7 Å². The summed E-state index contributed by atoms with van der Waals surface area (Å²) in [6, 6.07) is 14.9. The number of amides is 1. The Morgan fingerprint density at radius 1 is 1.20 bits per heavy atom. The van der Waals surface area contributed by atoms with Gasteiger partial charge in [0.05, 0.1) is 18.1 Å². The first-order valence-electron chi connectivity index (χ1n) is 7.84. The molecule has 6 heteroatoms. The van der Waals surface area contributed by atoms with Crippen LogP contribution in [-0.4, -0.2) is 26.8 Å². The molecule has 1 aliphatic heterocycles. The van der Waals surface area contributed by atoms with Crippen molar-refractivity contribution in [1.29, 1.82) is 0 Å². The lowest BCUT2D eigenvalue weighted by atomic mass is 10.1. The summed E-state index contributed by atoms with van der Waals surface area (Å²) in [6.45, 7) is 2.74. The lowest BCUT2D eigenvalue weighted by Crippen LogP contribution is -2.27. The van der Waals surface area contributed by atoms with Gasteiger partial charge in [-0.15, -0.1) is 0 Å². The van der Waals surface area contributed by atoms with Crippen LogP contribution in [0, 0.1) is 0 Å². The summed E-state index contributed by atoms with van der Waals surface area (Å²) in [5, 5.41) is 10.3. The highest BCUT2D eigenvalue weighted by Crippen LogP contribution is 2.37. The minimum atomic E-state index is -0.153. The molecule has 1 saturated heterocycles. The molecule has 2 aromatic rings. The molecular formula is C19H17NO3S2. The number of carbonyl (C=O) groups is 1. The van der Waals surface area contributed by atoms with Crippen molar-refractivity contribution in [3.05, 3.63) is 64.6 Å². The molecule has 2 aromatic carbocycles. The summed E-state index contributed by atoms with van der Waals surface area (Å²) >= 11 is 6.59. The van der Waals surface area contributed by atoms with Crippen LogP contribution >= 0.6 is 24.0 Å². The van der Waals surface area contributed by atoms with Gasteiger partial charge in [-0.1, -0.05) is 66.4 Å². The topological polar surface area (TPSA) is 49.8 Å². The van der Waals surface area contributed by atoms with Gasteiger partial charge in [0.25, 0.3) is 5.91 Å². The lowest BCUT2D eigenvalue weighted by molar-refractivity contribution is -0.122. The maximum Gasteiger partial charge on any atom is 0.266 e. The van der Waals surface area contributed by atoms with Gasteiger partial charge in [0.1, 0.15) is 4.32 Å². The van der Waals surface area contributed by atoms with Crippen LogP contribution in [0.1, 0.15) is 18.1 Å². The average Bonchev–Trinajstić information content (AvgIpc) is 2.87. The van der Waals surface area contributed by atoms with Crippen molar-refractivity contribution in [2.45, 2.75) is 13.5 Å². The Hall–Kier alpha value is -2.31. The third-order valence-corrected chi connectivity index (χ3v) is 5.05. The van der Waals surface area contributed by atoms with E-state index in [0.717, 1.165) is 5.56 Å². The van der Waals surface area contributed by atoms with Gasteiger partial charge in [-0.05, 0) is 24.6 Å². The van der Waals surface area contributed by atoms with Crippen molar-refractivity contribution >= 4 is 40.3 Å². The van der Waals surface area contributed by atoms with Crippen LogP contribution in [0.15, 0.2) is 53.4 Å². The first kappa shape index (κ1) is 17.5. The van der Waals surface area contributed by atoms with Crippen LogP contribution in [0.25, 0.3) is 6.08 Å². The lowest BCUT2D eigenvalue weighted by Gasteiger charge is -2.14. The quantitative estimate of drug-likeness (QED) is 0.631. The van der Waals surface area contributed by atoms with Gasteiger partial charge in [0.15, 0.2) is 11.5 Å². The van der Waals surface area contributed by atoms with Crippen LogP contribution in [0.3, 0.4) is 0 Å². The van der Waals surface area contributed by atoms with Gasteiger partial charge in [0.2, 0.25) is 0 Å². The number of hydrogen-bond donors (Lipinski definition) is 1. The number of carbonyl (C=O) groups excluding carboxylic acids is 1. The van der Waals surface area contributed by atoms with Gasteiger partial charge < -0.3 is 9.84 Å². The van der Waals surface area contributed by atoms with Gasteiger partial charge in [-0.2, -0.15) is 0 Å². The standard InChI is InChI=1S/C19H17NO3S2/c1-2-23-15-10-6-9-14(17(15)21)11-16-18(22)20(19(24)25-16)12-13-7-4-3-5-8-13/h3-11,21H,2,12H2,1H3. The summed E-state index contributed by atoms with van der Waals surface area (Å²) in [7, 11) is 0. The van der Waals surface area contributed by atoms with Gasteiger partial charge in [0, 0.05) is 5.56 Å². The van der Waals surface area contributed by atoms with Crippen molar-refractivity contribution in [2.75, 3.05) is 6.61 Å². The molecular weight excluding hydrogens is 354 g/mol. The van der Waals surface area contributed by atoms with Crippen LogP contribution in [0.4, 0.5) is 0 Å². The van der Waals surface area contributed by atoms with Crippen molar-refractivity contribution in [2.24, 2.45) is 0 Å². The minimum absolute atomic E-state index is 0.0256. The van der Waals surface area contributed by atoms with Crippen LogP contribution in [-0.2, 0) is 11.3 Å². The molecule has 3 rings (SSSR count). The number of benzene rings is 2. The van der Waals surface area contributed by atoms with Crippen LogP contribution in [0.5, 0.6) is 11.5 Å². The number of phenols is 1. The first-order valence-corrected chi connectivity index (χ1v) is 9.06. The number of ether oxygens (including phenoxy) is 1. The zero-order chi connectivity index (χ0) is 17.8. The van der Waals surface area contributed by atoms with E-state index >= 15 is 0 Å². The molecule has 128 valence electrons. The summed E-state index contributed by atoms with van der Waals surface area (Å²) in [4.78, 5) is 14.7. The first-order chi connectivity index (χ1) is 12.1. The van der Waals surface area contributed by atoms with Crippen molar-refractivity contribution in [3.8, 4) is 11.5 Å². The second-order valence-electron chi connectivity index (χ2n) is 5.38. The molecule has 25 heavy (non-hydrogen) atoms. The number of phenolic OH excluding ortho intramolecular Hbond substituents is 1. The average molecular weight is 371 g/mol. The predicted octanol–water partition coefficient (Wildman–Crippen LogP) is 4.19. The Bertz CT molecular complexity index is 834. The van der Waals surface area contributed by atoms with Crippen LogP contribution < -0.4 is 4.74 Å². The van der Waals surface area contributed by atoms with E-state index in [2.05, 4.69) is 0 Å². The fraction of sp³-hybridized carbons (Fsp3) is 0.158. The van der Waals surface area contributed by atoms with Crippen molar-refractivity contribution in [1.82, 2.24) is 4.90 Å². The molecule has 0 spiro atoms. The Morgan fingerprint density at radius 2 is 1.96 bits per heavy atom. The summed E-state index contributed by atoms with van der Waals surface area (Å²) in [5.74, 6) is 0.272. The zero-order valence-corrected chi connectivity index (χ0v) is 15.3. The predicted molar refractivity (Wildman–Crippen MR) is 104 cm³/mol. The van der Waals surface area contributed by atoms with Gasteiger partial charge in [-0.25, -0.2) is 0 Å². The SMILES string of the molecule is CCOc1cccc(C=C2SC(=S)N(Cc3ccccc3)C2=O)c1O. The Balaban J connectivity index is 1.84. The monoisotopic (exact) mass is 371 g/mol. The van der Waals surface area contributed by atoms with Gasteiger partial charge >= 0.3 is 0 Å². The number of thioether (sulfide) groups is 1. The van der Waals surface area contributed by atoms with E-state index in [4.69, 9.17) is 17.0 Å². The number of rotatable bonds is 5. The number of aromatic hydroxyl groups is 1. The second-order valence-corrected chi connectivity index (χ2v) is 7.06. The third kappa shape index (κ3) is 3.86. The Labute approximate surface area is 156 Å². The molecule has 0 aliphatic carbocycles. The molecule has 0 aromatic heterocycles. The van der Waals surface area contributed by atoms with E-state index in [1.807, 2.05) is 37.3 Å². The van der Waals surface area contributed by atoms with E-state index in [9.17, 15) is 9.90 Å². The second kappa shape index (κ2) is 7.72. The Morgan fingerprint density at radius 3 is 2.68 bits per heavy atom. The van der Waals surface area contributed by atoms with E-state index < -0.39 is 0 Å². The molecule has 0 saturated carbocycles. The molecule has 0 unspecified atom stereocenters. The molecule has 0 bridgehead atoms. The maximum atomic E-state index is 12.7. The number of nitrogens with zero attached hydrogens (tertiary/aromatic N) is 1. The number of hydrogen-bond acceptors (Lipinski definition) is 5. The van der Waals surface area contributed by atoms with Crippen LogP contribution in [0.2, 0.25) is 0 Å². The molecule has 0 atom stereocenters. The normalized spacial score (nSPS) is 15.9. The maximum absolute atomic E-state index is 12.7. The molecule has 1 heterocycles. The molecule has 1 amide bonds. The molecule has 1 N–H and O–H groups in total. The largest absolute Gasteiger partial charge is 0.504 e. The van der Waals surface area contributed by atoms with E-state index in [1.165, 1.54) is 11.8 Å². The highest BCUT2D eigenvalue weighted by molar-refractivity contribution is 8.26. The summed E-state index contributed by atoms with van der Waals surface area (Å²) in [6.07, 6.45) is 1.65.